The number of hydrogen-bond acceptors (Lipinski definition) is 5. The van der Waals surface area contributed by atoms with Gasteiger partial charge in [-0.25, -0.2) is 0 Å². The Balaban J connectivity index is 0.00000196. The largest absolute Gasteiger partial charge is 0.493 e. The highest BCUT2D eigenvalue weighted by molar-refractivity contribution is 5.91. The molecule has 0 spiro atoms. The molecule has 1 aromatic rings. The lowest BCUT2D eigenvalue weighted by Gasteiger charge is -2.56. The summed E-state index contributed by atoms with van der Waals surface area (Å²) < 4.78 is 11.0. The number of oxime groups is 1. The molecule has 26 heavy (non-hydrogen) atoms. The van der Waals surface area contributed by atoms with Crippen LogP contribution in [0.4, 0.5) is 0 Å². The first-order valence-electron chi connectivity index (χ1n) is 9.34. The SMILES string of the molecule is COc1cc2c(cc1OC)C1CCC3(C)/C(=N/O)CCCC3N1CC2.Cl. The number of benzene rings is 1. The Morgan fingerprint density at radius 1 is 1.15 bits per heavy atom. The van der Waals surface area contributed by atoms with Crippen molar-refractivity contribution in [2.75, 3.05) is 20.8 Å². The van der Waals surface area contributed by atoms with Crippen molar-refractivity contribution in [2.45, 2.75) is 57.5 Å². The van der Waals surface area contributed by atoms with E-state index in [1.54, 1.807) is 14.2 Å². The summed E-state index contributed by atoms with van der Waals surface area (Å²) in [6.45, 7) is 3.36. The summed E-state index contributed by atoms with van der Waals surface area (Å²) in [6, 6.07) is 5.23. The number of ether oxygens (including phenoxy) is 2. The molecule has 144 valence electrons. The van der Waals surface area contributed by atoms with Crippen molar-refractivity contribution in [1.82, 2.24) is 4.90 Å². The first-order chi connectivity index (χ1) is 12.1. The van der Waals surface area contributed by atoms with Gasteiger partial charge in [0.15, 0.2) is 11.5 Å². The summed E-state index contributed by atoms with van der Waals surface area (Å²) in [4.78, 5) is 2.67. The molecule has 2 heterocycles. The number of nitrogens with zero attached hydrogens (tertiary/aromatic N) is 2. The molecule has 1 saturated carbocycles. The van der Waals surface area contributed by atoms with E-state index < -0.39 is 0 Å². The molecule has 4 rings (SSSR count). The van der Waals surface area contributed by atoms with Crippen LogP contribution in [0, 0.1) is 5.41 Å². The molecule has 0 bridgehead atoms. The fraction of sp³-hybridized carbons (Fsp3) is 0.650. The Bertz CT molecular complexity index is 709. The fourth-order valence-corrected chi connectivity index (χ4v) is 5.44. The third kappa shape index (κ3) is 2.76. The maximum Gasteiger partial charge on any atom is 0.161 e. The molecule has 3 atom stereocenters. The van der Waals surface area contributed by atoms with Gasteiger partial charge >= 0.3 is 0 Å². The minimum atomic E-state index is 0. The van der Waals surface area contributed by atoms with E-state index in [1.807, 2.05) is 0 Å². The van der Waals surface area contributed by atoms with E-state index in [4.69, 9.17) is 9.47 Å². The van der Waals surface area contributed by atoms with Crippen LogP contribution in [0.1, 0.15) is 56.2 Å². The second-order valence-corrected chi connectivity index (χ2v) is 7.82. The molecular weight excluding hydrogens is 352 g/mol. The molecule has 0 amide bonds. The number of rotatable bonds is 2. The number of halogens is 1. The Hall–Kier alpha value is -1.46. The van der Waals surface area contributed by atoms with Crippen molar-refractivity contribution >= 4 is 18.1 Å². The van der Waals surface area contributed by atoms with E-state index >= 15 is 0 Å². The molecule has 0 radical (unpaired) electrons. The van der Waals surface area contributed by atoms with Gasteiger partial charge in [0.25, 0.3) is 0 Å². The fourth-order valence-electron chi connectivity index (χ4n) is 5.44. The van der Waals surface area contributed by atoms with Gasteiger partial charge in [-0.2, -0.15) is 0 Å². The summed E-state index contributed by atoms with van der Waals surface area (Å²) in [6.07, 6.45) is 6.44. The normalized spacial score (nSPS) is 32.0. The molecule has 5 nitrogen and oxygen atoms in total. The number of methoxy groups -OCH3 is 2. The van der Waals surface area contributed by atoms with Crippen LogP contribution in [0.25, 0.3) is 0 Å². The second-order valence-electron chi connectivity index (χ2n) is 7.82. The second kappa shape index (κ2) is 7.28. The molecule has 6 heteroatoms. The number of hydrogen-bond donors (Lipinski definition) is 1. The zero-order valence-corrected chi connectivity index (χ0v) is 16.6. The number of piperidine rings is 1. The van der Waals surface area contributed by atoms with Gasteiger partial charge in [-0.3, -0.25) is 4.90 Å². The van der Waals surface area contributed by atoms with E-state index in [-0.39, 0.29) is 17.8 Å². The first kappa shape index (κ1) is 19.3. The lowest BCUT2D eigenvalue weighted by molar-refractivity contribution is -0.00236. The van der Waals surface area contributed by atoms with Gasteiger partial charge in [-0.15, -0.1) is 12.4 Å². The Kier molecular flexibility index (Phi) is 5.40. The van der Waals surface area contributed by atoms with E-state index in [1.165, 1.54) is 17.5 Å². The molecule has 3 aliphatic rings. The highest BCUT2D eigenvalue weighted by Crippen LogP contribution is 2.52. The molecule has 1 saturated heterocycles. The summed E-state index contributed by atoms with van der Waals surface area (Å²) in [5, 5.41) is 13.2. The van der Waals surface area contributed by atoms with Crippen LogP contribution in [0.15, 0.2) is 17.3 Å². The molecule has 2 aliphatic heterocycles. The monoisotopic (exact) mass is 380 g/mol. The van der Waals surface area contributed by atoms with Gasteiger partial charge in [0.1, 0.15) is 0 Å². The standard InChI is InChI=1S/C20H28N2O3.ClH/c1-20-9-7-15-14-12-17(25-3)16(24-2)11-13(14)8-10-22(15)19(20)6-4-5-18(20)21-23;/h11-12,15,19,23H,4-10H2,1-3H3;1H/b21-18+;. The van der Waals surface area contributed by atoms with Crippen molar-refractivity contribution in [3.8, 4) is 11.5 Å². The van der Waals surface area contributed by atoms with Crippen LogP contribution in [0.5, 0.6) is 11.5 Å². The summed E-state index contributed by atoms with van der Waals surface area (Å²) in [7, 11) is 3.40. The van der Waals surface area contributed by atoms with Crippen LogP contribution in [0.3, 0.4) is 0 Å². The minimum Gasteiger partial charge on any atom is -0.493 e. The predicted octanol–water partition coefficient (Wildman–Crippen LogP) is 4.21. The topological polar surface area (TPSA) is 54.3 Å². The third-order valence-electron chi connectivity index (χ3n) is 6.79. The van der Waals surface area contributed by atoms with Crippen molar-refractivity contribution in [3.05, 3.63) is 23.3 Å². The summed E-state index contributed by atoms with van der Waals surface area (Å²) in [5.74, 6) is 1.64. The first-order valence-corrected chi connectivity index (χ1v) is 9.34. The van der Waals surface area contributed by atoms with Gasteiger partial charge < -0.3 is 14.7 Å². The van der Waals surface area contributed by atoms with E-state index in [0.717, 1.165) is 55.9 Å². The predicted molar refractivity (Wildman–Crippen MR) is 104 cm³/mol. The minimum absolute atomic E-state index is 0. The Labute approximate surface area is 161 Å². The average Bonchev–Trinajstić information content (AvgIpc) is 2.65. The van der Waals surface area contributed by atoms with Crippen LogP contribution < -0.4 is 9.47 Å². The van der Waals surface area contributed by atoms with Gasteiger partial charge in [0.05, 0.1) is 19.9 Å². The van der Waals surface area contributed by atoms with Gasteiger partial charge in [-0.05, 0) is 61.8 Å². The van der Waals surface area contributed by atoms with Gasteiger partial charge in [-0.1, -0.05) is 12.1 Å². The zero-order chi connectivity index (χ0) is 17.6. The number of fused-ring (bicyclic) bond motifs is 5. The highest BCUT2D eigenvalue weighted by atomic mass is 35.5. The molecule has 2 fully saturated rings. The van der Waals surface area contributed by atoms with E-state index in [9.17, 15) is 5.21 Å². The molecular formula is C20H29ClN2O3. The van der Waals surface area contributed by atoms with Crippen molar-refractivity contribution in [3.63, 3.8) is 0 Å². The third-order valence-corrected chi connectivity index (χ3v) is 6.79. The van der Waals surface area contributed by atoms with E-state index in [0.29, 0.717) is 12.1 Å². The zero-order valence-electron chi connectivity index (χ0n) is 15.8. The van der Waals surface area contributed by atoms with E-state index in [2.05, 4.69) is 29.1 Å². The van der Waals surface area contributed by atoms with Gasteiger partial charge in [0.2, 0.25) is 0 Å². The highest BCUT2D eigenvalue weighted by Gasteiger charge is 2.51. The smallest absolute Gasteiger partial charge is 0.161 e. The Morgan fingerprint density at radius 2 is 1.88 bits per heavy atom. The molecule has 0 aromatic heterocycles. The van der Waals surface area contributed by atoms with Crippen LogP contribution in [0.2, 0.25) is 0 Å². The lowest BCUT2D eigenvalue weighted by Crippen LogP contribution is -2.58. The van der Waals surface area contributed by atoms with Crippen LogP contribution in [-0.2, 0) is 6.42 Å². The maximum absolute atomic E-state index is 9.51. The lowest BCUT2D eigenvalue weighted by atomic mass is 9.62. The summed E-state index contributed by atoms with van der Waals surface area (Å²) in [5.41, 5.74) is 3.78. The Morgan fingerprint density at radius 3 is 2.58 bits per heavy atom. The van der Waals surface area contributed by atoms with Crippen LogP contribution in [-0.4, -0.2) is 42.6 Å². The van der Waals surface area contributed by atoms with Crippen molar-refractivity contribution in [1.29, 1.82) is 0 Å². The molecule has 3 unspecified atom stereocenters. The van der Waals surface area contributed by atoms with Crippen molar-refractivity contribution in [2.24, 2.45) is 10.6 Å². The quantitative estimate of drug-likeness (QED) is 0.616. The molecule has 1 aliphatic carbocycles. The average molecular weight is 381 g/mol. The van der Waals surface area contributed by atoms with Crippen molar-refractivity contribution < 1.29 is 14.7 Å². The van der Waals surface area contributed by atoms with Crippen LogP contribution >= 0.6 is 12.4 Å². The maximum atomic E-state index is 9.51. The molecule has 1 aromatic carbocycles. The van der Waals surface area contributed by atoms with Gasteiger partial charge in [0, 0.05) is 24.0 Å². The summed E-state index contributed by atoms with van der Waals surface area (Å²) >= 11 is 0. The molecule has 1 N–H and O–H groups in total.